The van der Waals surface area contributed by atoms with E-state index in [1.165, 1.54) is 6.20 Å². The van der Waals surface area contributed by atoms with Gasteiger partial charge in [0, 0.05) is 18.0 Å². The molecule has 0 spiro atoms. The minimum atomic E-state index is -0.417. The minimum absolute atomic E-state index is 0.187. The summed E-state index contributed by atoms with van der Waals surface area (Å²) < 4.78 is 8.96. The van der Waals surface area contributed by atoms with E-state index < -0.39 is 5.97 Å². The molecule has 27 heavy (non-hydrogen) atoms. The summed E-state index contributed by atoms with van der Waals surface area (Å²) in [5.74, 6) is -0.417. The second-order valence-corrected chi connectivity index (χ2v) is 6.44. The van der Waals surface area contributed by atoms with Gasteiger partial charge in [-0.1, -0.05) is 12.1 Å². The number of aryl methyl sites for hydroxylation is 3. The molecule has 4 aromatic rings. The number of benzene rings is 1. The fraction of sp³-hybridized carbons (Fsp3) is 0.200. The van der Waals surface area contributed by atoms with Gasteiger partial charge in [0.05, 0.1) is 28.8 Å². The lowest BCUT2D eigenvalue weighted by atomic mass is 10.2. The Kier molecular flexibility index (Phi) is 4.19. The van der Waals surface area contributed by atoms with Crippen LogP contribution in [0.1, 0.15) is 33.0 Å². The third-order valence-electron chi connectivity index (χ3n) is 4.44. The van der Waals surface area contributed by atoms with Crippen molar-refractivity contribution in [2.75, 3.05) is 0 Å². The fourth-order valence-corrected chi connectivity index (χ4v) is 3.04. The Labute approximate surface area is 156 Å². The molecule has 3 heterocycles. The molecule has 4 rings (SSSR count). The molecule has 0 fully saturated rings. The number of fused-ring (bicyclic) bond motifs is 1. The van der Waals surface area contributed by atoms with Crippen molar-refractivity contribution in [2.45, 2.75) is 27.4 Å². The molecule has 1 aromatic carbocycles. The van der Waals surface area contributed by atoms with E-state index in [1.54, 1.807) is 16.8 Å². The second kappa shape index (κ2) is 6.68. The van der Waals surface area contributed by atoms with Crippen molar-refractivity contribution in [2.24, 2.45) is 0 Å². The zero-order chi connectivity index (χ0) is 19.0. The van der Waals surface area contributed by atoms with Gasteiger partial charge in [0.2, 0.25) is 0 Å². The van der Waals surface area contributed by atoms with Gasteiger partial charge >= 0.3 is 5.97 Å². The first-order chi connectivity index (χ1) is 13.0. The maximum Gasteiger partial charge on any atom is 0.341 e. The average Bonchev–Trinajstić information content (AvgIpc) is 3.27. The molecular weight excluding hydrogens is 342 g/mol. The van der Waals surface area contributed by atoms with Gasteiger partial charge in [0.15, 0.2) is 5.65 Å². The molecule has 0 radical (unpaired) electrons. The number of ether oxygens (including phenoxy) is 1. The molecule has 0 N–H and O–H groups in total. The first-order valence-corrected chi connectivity index (χ1v) is 8.62. The van der Waals surface area contributed by atoms with Crippen LogP contribution in [0.5, 0.6) is 0 Å². The quantitative estimate of drug-likeness (QED) is 0.522. The molecule has 0 saturated carbocycles. The number of hydrogen-bond donors (Lipinski definition) is 0. The van der Waals surface area contributed by atoms with Crippen LogP contribution in [0.15, 0.2) is 48.8 Å². The number of aromatic nitrogens is 5. The zero-order valence-corrected chi connectivity index (χ0v) is 15.4. The zero-order valence-electron chi connectivity index (χ0n) is 15.4. The van der Waals surface area contributed by atoms with Crippen LogP contribution < -0.4 is 0 Å². The third kappa shape index (κ3) is 3.19. The molecular formula is C20H19N5O2. The standard InChI is InChI=1S/C20H19N5O2/c1-13-10-14(2)24(23-13)17-6-4-16(5-7-17)12-27-20(26)18-11-21-19-8-9-22-25(19)15(18)3/h4-11H,12H2,1-3H3. The van der Waals surface area contributed by atoms with Crippen LogP contribution in [0.25, 0.3) is 11.3 Å². The summed E-state index contributed by atoms with van der Waals surface area (Å²) in [5.41, 5.74) is 5.73. The topological polar surface area (TPSA) is 74.3 Å². The normalized spacial score (nSPS) is 11.1. The van der Waals surface area contributed by atoms with E-state index in [2.05, 4.69) is 15.2 Å². The number of rotatable bonds is 4. The molecule has 0 saturated heterocycles. The second-order valence-electron chi connectivity index (χ2n) is 6.44. The van der Waals surface area contributed by atoms with E-state index >= 15 is 0 Å². The molecule has 0 aliphatic heterocycles. The van der Waals surface area contributed by atoms with Crippen LogP contribution in [0.3, 0.4) is 0 Å². The van der Waals surface area contributed by atoms with Gasteiger partial charge in [-0.15, -0.1) is 0 Å². The first kappa shape index (κ1) is 17.0. The highest BCUT2D eigenvalue weighted by Crippen LogP contribution is 2.15. The monoisotopic (exact) mass is 361 g/mol. The van der Waals surface area contributed by atoms with Gasteiger partial charge in [0.1, 0.15) is 6.61 Å². The van der Waals surface area contributed by atoms with Crippen molar-refractivity contribution in [3.63, 3.8) is 0 Å². The molecule has 0 bridgehead atoms. The lowest BCUT2D eigenvalue weighted by Crippen LogP contribution is -2.11. The number of esters is 1. The van der Waals surface area contributed by atoms with Crippen LogP contribution >= 0.6 is 0 Å². The molecule has 0 amide bonds. The van der Waals surface area contributed by atoms with E-state index in [9.17, 15) is 4.79 Å². The van der Waals surface area contributed by atoms with Crippen molar-refractivity contribution in [3.8, 4) is 5.69 Å². The molecule has 3 aromatic heterocycles. The van der Waals surface area contributed by atoms with Crippen LogP contribution in [0, 0.1) is 20.8 Å². The van der Waals surface area contributed by atoms with E-state index in [1.807, 2.05) is 55.8 Å². The summed E-state index contributed by atoms with van der Waals surface area (Å²) in [6.07, 6.45) is 3.18. The Bertz CT molecular complexity index is 1130. The highest BCUT2D eigenvalue weighted by atomic mass is 16.5. The SMILES string of the molecule is Cc1cc(C)n(-c2ccc(COC(=O)c3cnc4ccnn4c3C)cc2)n1. The van der Waals surface area contributed by atoms with E-state index in [0.717, 1.165) is 22.6 Å². The minimum Gasteiger partial charge on any atom is -0.457 e. The third-order valence-corrected chi connectivity index (χ3v) is 4.44. The van der Waals surface area contributed by atoms with Crippen LogP contribution in [0.2, 0.25) is 0 Å². The predicted octanol–water partition coefficient (Wildman–Crippen LogP) is 3.20. The van der Waals surface area contributed by atoms with E-state index in [-0.39, 0.29) is 6.61 Å². The van der Waals surface area contributed by atoms with Gasteiger partial charge in [-0.3, -0.25) is 0 Å². The molecule has 7 nitrogen and oxygen atoms in total. The van der Waals surface area contributed by atoms with Crippen LogP contribution in [0.4, 0.5) is 0 Å². The highest BCUT2D eigenvalue weighted by molar-refractivity contribution is 5.90. The summed E-state index contributed by atoms with van der Waals surface area (Å²) in [6, 6.07) is 11.6. The van der Waals surface area contributed by atoms with Crippen LogP contribution in [-0.4, -0.2) is 30.3 Å². The largest absolute Gasteiger partial charge is 0.457 e. The van der Waals surface area contributed by atoms with Gasteiger partial charge in [-0.05, 0) is 44.5 Å². The van der Waals surface area contributed by atoms with Gasteiger partial charge in [-0.25, -0.2) is 19.0 Å². The molecule has 0 atom stereocenters. The van der Waals surface area contributed by atoms with Gasteiger partial charge in [-0.2, -0.15) is 10.2 Å². The van der Waals surface area contributed by atoms with Crippen molar-refractivity contribution in [1.29, 1.82) is 0 Å². The first-order valence-electron chi connectivity index (χ1n) is 8.62. The number of carbonyl (C=O) groups is 1. The molecule has 0 unspecified atom stereocenters. The Morgan fingerprint density at radius 2 is 1.89 bits per heavy atom. The summed E-state index contributed by atoms with van der Waals surface area (Å²) in [4.78, 5) is 16.6. The number of carbonyl (C=O) groups excluding carboxylic acids is 1. The molecule has 7 heteroatoms. The van der Waals surface area contributed by atoms with E-state index in [4.69, 9.17) is 4.74 Å². The number of nitrogens with zero attached hydrogens (tertiary/aromatic N) is 5. The molecule has 136 valence electrons. The van der Waals surface area contributed by atoms with Crippen molar-refractivity contribution in [1.82, 2.24) is 24.4 Å². The van der Waals surface area contributed by atoms with Crippen molar-refractivity contribution < 1.29 is 9.53 Å². The van der Waals surface area contributed by atoms with Crippen molar-refractivity contribution >= 4 is 11.6 Å². The van der Waals surface area contributed by atoms with E-state index in [0.29, 0.717) is 16.9 Å². The lowest BCUT2D eigenvalue weighted by molar-refractivity contribution is 0.0470. The highest BCUT2D eigenvalue weighted by Gasteiger charge is 2.14. The molecule has 0 aliphatic rings. The maximum atomic E-state index is 12.4. The van der Waals surface area contributed by atoms with Gasteiger partial charge < -0.3 is 4.74 Å². The summed E-state index contributed by atoms with van der Waals surface area (Å²) in [7, 11) is 0. The smallest absolute Gasteiger partial charge is 0.341 e. The predicted molar refractivity (Wildman–Crippen MR) is 99.9 cm³/mol. The summed E-state index contributed by atoms with van der Waals surface area (Å²) in [6.45, 7) is 5.99. The fourth-order valence-electron chi connectivity index (χ4n) is 3.04. The Morgan fingerprint density at radius 1 is 1.11 bits per heavy atom. The summed E-state index contributed by atoms with van der Waals surface area (Å²) >= 11 is 0. The molecule has 0 aliphatic carbocycles. The Morgan fingerprint density at radius 3 is 2.59 bits per heavy atom. The number of hydrogen-bond acceptors (Lipinski definition) is 5. The van der Waals surface area contributed by atoms with Crippen LogP contribution in [-0.2, 0) is 11.3 Å². The lowest BCUT2D eigenvalue weighted by Gasteiger charge is -2.09. The average molecular weight is 361 g/mol. The van der Waals surface area contributed by atoms with Gasteiger partial charge in [0.25, 0.3) is 0 Å². The maximum absolute atomic E-state index is 12.4. The Hall–Kier alpha value is -3.48. The van der Waals surface area contributed by atoms with Crippen molar-refractivity contribution in [3.05, 3.63) is 77.0 Å². The summed E-state index contributed by atoms with van der Waals surface area (Å²) in [5, 5.41) is 8.64. The Balaban J connectivity index is 1.47.